The summed E-state index contributed by atoms with van der Waals surface area (Å²) >= 11 is 0. The van der Waals surface area contributed by atoms with Crippen LogP contribution in [-0.2, 0) is 9.47 Å². The number of esters is 1. The van der Waals surface area contributed by atoms with Crippen molar-refractivity contribution in [3.05, 3.63) is 64.3 Å². The number of hydrogen-bond acceptors (Lipinski definition) is 11. The molecule has 1 aromatic carbocycles. The molecule has 15 heteroatoms. The first kappa shape index (κ1) is 32.0. The van der Waals surface area contributed by atoms with Gasteiger partial charge in [0.05, 0.1) is 11.5 Å². The Morgan fingerprint density at radius 3 is 2.40 bits per heavy atom. The van der Waals surface area contributed by atoms with Crippen molar-refractivity contribution in [3.63, 3.8) is 0 Å². The number of hydrazine groups is 1. The van der Waals surface area contributed by atoms with Crippen LogP contribution in [0.25, 0.3) is 10.4 Å². The maximum absolute atomic E-state index is 13.5. The van der Waals surface area contributed by atoms with Crippen LogP contribution >= 0.6 is 0 Å². The van der Waals surface area contributed by atoms with Gasteiger partial charge in [-0.25, -0.2) is 10.2 Å². The number of rotatable bonds is 7. The number of aliphatic hydroxyl groups is 5. The number of azide groups is 1. The van der Waals surface area contributed by atoms with Gasteiger partial charge in [-0.1, -0.05) is 44.9 Å². The van der Waals surface area contributed by atoms with Crippen LogP contribution in [0.2, 0.25) is 0 Å². The molecular weight excluding hydrogens is 612 g/mol. The van der Waals surface area contributed by atoms with Gasteiger partial charge in [0.15, 0.2) is 17.5 Å². The summed E-state index contributed by atoms with van der Waals surface area (Å²) in [7, 11) is 0. The number of hydrogen-bond donors (Lipinski definition) is 8. The Bertz CT molecular complexity index is 1720. The molecule has 8 rings (SSSR count). The number of carbonyl (C=O) groups excluding carboxylic acids is 2. The van der Waals surface area contributed by atoms with Crippen LogP contribution in [0.1, 0.15) is 74.7 Å². The molecule has 15 nitrogen and oxygen atoms in total. The minimum Gasteiger partial charge on any atom is -0.451 e. The zero-order chi connectivity index (χ0) is 34.2. The van der Waals surface area contributed by atoms with Crippen LogP contribution in [0, 0.1) is 22.7 Å². The number of benzene rings is 1. The van der Waals surface area contributed by atoms with E-state index in [1.54, 1.807) is 19.9 Å². The van der Waals surface area contributed by atoms with E-state index in [1.165, 1.54) is 50.4 Å². The van der Waals surface area contributed by atoms with Gasteiger partial charge >= 0.3 is 5.97 Å². The van der Waals surface area contributed by atoms with Crippen molar-refractivity contribution in [1.82, 2.24) is 15.8 Å². The number of carbonyl (C=O) groups is 2. The largest absolute Gasteiger partial charge is 0.451 e. The van der Waals surface area contributed by atoms with Crippen LogP contribution in [0.3, 0.4) is 0 Å². The molecule has 2 saturated heterocycles. The molecule has 2 aliphatic heterocycles. The smallest absolute Gasteiger partial charge is 0.355 e. The summed E-state index contributed by atoms with van der Waals surface area (Å²) in [6.45, 7) is 7.99. The van der Waals surface area contributed by atoms with Gasteiger partial charge in [-0.2, -0.15) is 0 Å². The van der Waals surface area contributed by atoms with Crippen molar-refractivity contribution in [3.8, 4) is 0 Å². The summed E-state index contributed by atoms with van der Waals surface area (Å²) in [5, 5.41) is 68.5. The topological polar surface area (TPSA) is 242 Å². The van der Waals surface area contributed by atoms with E-state index in [0.717, 1.165) is 0 Å². The van der Waals surface area contributed by atoms with Crippen LogP contribution in [0.5, 0.6) is 0 Å². The molecule has 47 heavy (non-hydrogen) atoms. The Kier molecular flexibility index (Phi) is 6.36. The van der Waals surface area contributed by atoms with Crippen molar-refractivity contribution >= 4 is 17.6 Å². The highest BCUT2D eigenvalue weighted by Gasteiger charge is 3.10. The molecule has 6 fully saturated rings. The normalized spacial score (nSPS) is 47.1. The molecule has 4 saturated carbocycles. The summed E-state index contributed by atoms with van der Waals surface area (Å²) in [5.74, 6) is -5.11. The molecule has 3 heterocycles. The maximum atomic E-state index is 13.5. The second-order valence-electron chi connectivity index (χ2n) is 14.8. The van der Waals surface area contributed by atoms with Crippen LogP contribution in [-0.4, -0.2) is 88.3 Å². The highest BCUT2D eigenvalue weighted by Crippen LogP contribution is 2.90. The highest BCUT2D eigenvalue weighted by atomic mass is 16.7. The third-order valence-electron chi connectivity index (χ3n) is 13.0. The number of amides is 1. The quantitative estimate of drug-likeness (QED) is 0.0707. The molecule has 1 aromatic heterocycles. The Labute approximate surface area is 269 Å². The molecule has 1 amide bonds. The van der Waals surface area contributed by atoms with Crippen molar-refractivity contribution < 1.29 is 44.6 Å². The van der Waals surface area contributed by atoms with E-state index >= 15 is 0 Å². The van der Waals surface area contributed by atoms with Gasteiger partial charge in [-0.05, 0) is 61.4 Å². The lowest BCUT2D eigenvalue weighted by Gasteiger charge is -2.61. The zero-order valence-electron chi connectivity index (χ0n) is 26.7. The van der Waals surface area contributed by atoms with E-state index in [1.807, 2.05) is 6.92 Å². The van der Waals surface area contributed by atoms with E-state index in [0.29, 0.717) is 12.1 Å². The van der Waals surface area contributed by atoms with Gasteiger partial charge in [-0.3, -0.25) is 10.2 Å². The summed E-state index contributed by atoms with van der Waals surface area (Å²) in [5.41, 5.74) is -0.946. The lowest BCUT2D eigenvalue weighted by Crippen LogP contribution is -2.79. The Morgan fingerprint density at radius 1 is 1.13 bits per heavy atom. The second kappa shape index (κ2) is 9.33. The predicted octanol–water partition coefficient (Wildman–Crippen LogP) is 1.70. The number of H-pyrrole nitrogens is 1. The first-order valence-corrected chi connectivity index (χ1v) is 15.8. The van der Waals surface area contributed by atoms with Gasteiger partial charge in [0.1, 0.15) is 28.1 Å². The molecule has 11 atom stereocenters. The maximum Gasteiger partial charge on any atom is 0.355 e. The number of nitrogens with zero attached hydrogens (tertiary/aromatic N) is 3. The van der Waals surface area contributed by atoms with Crippen molar-refractivity contribution in [2.24, 2.45) is 27.8 Å². The molecule has 1 spiro atoms. The van der Waals surface area contributed by atoms with Gasteiger partial charge in [0, 0.05) is 34.2 Å². The SMILES string of the molecule is CC(C)[C@@]1(O)[C@@H](OC(=O)c2ccc[nH]2)[C@@]2(O)[C@@]3(C)C[C@]4(O)O[C@@]5([C@@H](NNC(=O)c6ccc(N=[N+]=[N-])cc6)[C@@H](C)CC[C@]35O)[C@@]2(O)[C@]14C. The molecule has 6 aliphatic rings. The number of ether oxygens (including phenoxy) is 2. The average Bonchev–Trinajstić information content (AvgIpc) is 3.65. The van der Waals surface area contributed by atoms with Gasteiger partial charge in [-0.15, -0.1) is 0 Å². The van der Waals surface area contributed by atoms with E-state index in [2.05, 4.69) is 25.9 Å². The van der Waals surface area contributed by atoms with E-state index in [9.17, 15) is 35.1 Å². The molecule has 252 valence electrons. The Balaban J connectivity index is 1.38. The molecule has 4 aliphatic carbocycles. The lowest BCUT2D eigenvalue weighted by atomic mass is 9.52. The third-order valence-corrected chi connectivity index (χ3v) is 13.0. The van der Waals surface area contributed by atoms with E-state index < -0.39 is 86.9 Å². The van der Waals surface area contributed by atoms with E-state index in [-0.39, 0.29) is 17.7 Å². The fourth-order valence-electron chi connectivity index (χ4n) is 10.8. The average molecular weight is 653 g/mol. The van der Waals surface area contributed by atoms with Crippen molar-refractivity contribution in [2.45, 2.75) is 99.8 Å². The fourth-order valence-corrected chi connectivity index (χ4v) is 10.8. The standard InChI is InChI=1S/C32H40N6O9/c1-16(2)29(43)24(46-23(40)20-7-6-14-34-20)30(44)25(4)15-28(42)26(29,5)32(30,45)31(47-28)21(17(3)12-13-27(25,31)41)36-37-22(39)18-8-10-19(11-9-18)35-38-33/h6-11,14,16-17,21,24,34,36,41-45H,12-13,15H2,1-5H3,(H,37,39)/t17-,21-,24+,25-,26-,27-,28-,29+,30+,31+,32+/m0/s1. The van der Waals surface area contributed by atoms with Gasteiger partial charge in [0.25, 0.3) is 5.91 Å². The molecule has 0 radical (unpaired) electrons. The summed E-state index contributed by atoms with van der Waals surface area (Å²) < 4.78 is 12.6. The van der Waals surface area contributed by atoms with Crippen LogP contribution in [0.4, 0.5) is 5.69 Å². The van der Waals surface area contributed by atoms with Crippen LogP contribution < -0.4 is 10.9 Å². The summed E-state index contributed by atoms with van der Waals surface area (Å²) in [6.07, 6.45) is -0.352. The first-order chi connectivity index (χ1) is 21.9. The Hall–Kier alpha value is -3.53. The summed E-state index contributed by atoms with van der Waals surface area (Å²) in [4.78, 5) is 32.3. The second-order valence-corrected chi connectivity index (χ2v) is 14.8. The predicted molar refractivity (Wildman–Crippen MR) is 162 cm³/mol. The minimum absolute atomic E-state index is 0.0197. The van der Waals surface area contributed by atoms with Gasteiger partial charge < -0.3 is 40.0 Å². The molecule has 8 N–H and O–H groups in total. The third kappa shape index (κ3) is 3.03. The number of aromatic nitrogens is 1. The zero-order valence-corrected chi connectivity index (χ0v) is 26.7. The monoisotopic (exact) mass is 652 g/mol. The summed E-state index contributed by atoms with van der Waals surface area (Å²) in [6, 6.07) is 7.72. The first-order valence-electron chi connectivity index (χ1n) is 15.8. The highest BCUT2D eigenvalue weighted by molar-refractivity contribution is 5.94. The van der Waals surface area contributed by atoms with Crippen LogP contribution in [0.15, 0.2) is 47.7 Å². The minimum atomic E-state index is -2.66. The molecule has 6 bridgehead atoms. The van der Waals surface area contributed by atoms with Crippen molar-refractivity contribution in [2.75, 3.05) is 0 Å². The molecule has 2 aromatic rings. The Morgan fingerprint density at radius 2 is 1.81 bits per heavy atom. The lowest BCUT2D eigenvalue weighted by molar-refractivity contribution is -0.382. The molecule has 0 unspecified atom stereocenters. The van der Waals surface area contributed by atoms with E-state index in [4.69, 9.17) is 15.0 Å². The van der Waals surface area contributed by atoms with Gasteiger partial charge in [0.2, 0.25) is 0 Å². The fraction of sp³-hybridized carbons (Fsp3) is 0.625. The number of nitrogens with one attached hydrogen (secondary N) is 3. The van der Waals surface area contributed by atoms with Crippen molar-refractivity contribution in [1.29, 1.82) is 0 Å². The molecular formula is C32H40N6O9. The number of aromatic amines is 1.